The third-order valence-corrected chi connectivity index (χ3v) is 1.88. The smallest absolute Gasteiger partial charge is 0.163 e. The van der Waals surface area contributed by atoms with Crippen LogP contribution in [-0.4, -0.2) is 22.7 Å². The topological polar surface area (TPSA) is 68.9 Å². The lowest BCUT2D eigenvalue weighted by atomic mass is 10.2. The zero-order valence-corrected chi connectivity index (χ0v) is 8.07. The van der Waals surface area contributed by atoms with Crippen molar-refractivity contribution < 1.29 is 5.11 Å². The van der Waals surface area contributed by atoms with Crippen LogP contribution in [0.1, 0.15) is 19.0 Å². The van der Waals surface area contributed by atoms with Gasteiger partial charge in [-0.15, -0.1) is 0 Å². The number of hydrogen-bond acceptors (Lipinski definition) is 4. The van der Waals surface area contributed by atoms with Crippen LogP contribution in [0.3, 0.4) is 0 Å². The molecule has 1 aromatic rings. The largest absolute Gasteiger partial charge is 0.396 e. The maximum Gasteiger partial charge on any atom is 0.163 e. The zero-order chi connectivity index (χ0) is 10.4. The molecule has 0 bridgehead atoms. The molecular formula is C10H13N3O. The van der Waals surface area contributed by atoms with Gasteiger partial charge in [-0.05, 0) is 25.5 Å². The van der Waals surface area contributed by atoms with Crippen molar-refractivity contribution in [3.05, 3.63) is 24.0 Å². The Labute approximate surface area is 83.2 Å². The van der Waals surface area contributed by atoms with Crippen molar-refractivity contribution in [2.75, 3.05) is 11.9 Å². The summed E-state index contributed by atoms with van der Waals surface area (Å²) < 4.78 is 0. The van der Waals surface area contributed by atoms with E-state index in [-0.39, 0.29) is 12.6 Å². The van der Waals surface area contributed by atoms with Gasteiger partial charge in [0.05, 0.1) is 5.69 Å². The van der Waals surface area contributed by atoms with Crippen LogP contribution in [0, 0.1) is 11.3 Å². The van der Waals surface area contributed by atoms with Gasteiger partial charge in [0.1, 0.15) is 6.07 Å². The molecule has 1 rings (SSSR count). The third-order valence-electron chi connectivity index (χ3n) is 1.88. The normalized spacial score (nSPS) is 11.8. The van der Waals surface area contributed by atoms with Gasteiger partial charge in [-0.2, -0.15) is 5.26 Å². The molecule has 0 fully saturated rings. The summed E-state index contributed by atoms with van der Waals surface area (Å²) in [7, 11) is 0. The molecule has 0 aliphatic rings. The van der Waals surface area contributed by atoms with Crippen molar-refractivity contribution in [3.63, 3.8) is 0 Å². The lowest BCUT2D eigenvalue weighted by molar-refractivity contribution is 0.282. The highest BCUT2D eigenvalue weighted by Crippen LogP contribution is 2.12. The molecule has 0 aromatic carbocycles. The predicted octanol–water partition coefficient (Wildman–Crippen LogP) is 1.14. The molecule has 1 atom stereocenters. The molecule has 14 heavy (non-hydrogen) atoms. The van der Waals surface area contributed by atoms with Crippen LogP contribution < -0.4 is 5.32 Å². The highest BCUT2D eigenvalue weighted by atomic mass is 16.3. The Hall–Kier alpha value is -1.60. The highest BCUT2D eigenvalue weighted by Gasteiger charge is 2.05. The molecule has 0 saturated heterocycles. The molecule has 4 nitrogen and oxygen atoms in total. The van der Waals surface area contributed by atoms with Gasteiger partial charge >= 0.3 is 0 Å². The van der Waals surface area contributed by atoms with E-state index in [4.69, 9.17) is 10.4 Å². The molecule has 0 spiro atoms. The molecular weight excluding hydrogens is 178 g/mol. The molecule has 0 amide bonds. The average molecular weight is 191 g/mol. The molecule has 1 heterocycles. The van der Waals surface area contributed by atoms with Crippen LogP contribution in [0.5, 0.6) is 0 Å². The molecule has 74 valence electrons. The fraction of sp³-hybridized carbons (Fsp3) is 0.400. The second kappa shape index (κ2) is 5.20. The summed E-state index contributed by atoms with van der Waals surface area (Å²) in [4.78, 5) is 3.92. The number of anilines is 1. The lowest BCUT2D eigenvalue weighted by Crippen LogP contribution is -2.17. The van der Waals surface area contributed by atoms with Gasteiger partial charge in [-0.3, -0.25) is 0 Å². The van der Waals surface area contributed by atoms with E-state index >= 15 is 0 Å². The highest BCUT2D eigenvalue weighted by molar-refractivity contribution is 5.53. The van der Waals surface area contributed by atoms with E-state index < -0.39 is 0 Å². The van der Waals surface area contributed by atoms with E-state index in [0.717, 1.165) is 5.69 Å². The van der Waals surface area contributed by atoms with E-state index in [1.54, 1.807) is 18.3 Å². The Kier molecular flexibility index (Phi) is 3.89. The first-order valence-electron chi connectivity index (χ1n) is 4.50. The van der Waals surface area contributed by atoms with E-state index in [0.29, 0.717) is 12.1 Å². The van der Waals surface area contributed by atoms with Crippen LogP contribution in [0.2, 0.25) is 0 Å². The van der Waals surface area contributed by atoms with Gasteiger partial charge in [-0.25, -0.2) is 4.98 Å². The average Bonchev–Trinajstić information content (AvgIpc) is 2.19. The number of aliphatic hydroxyl groups excluding tert-OH is 1. The number of pyridine rings is 1. The quantitative estimate of drug-likeness (QED) is 0.748. The van der Waals surface area contributed by atoms with Crippen molar-refractivity contribution >= 4 is 5.69 Å². The molecule has 0 unspecified atom stereocenters. The van der Waals surface area contributed by atoms with Gasteiger partial charge in [0.25, 0.3) is 0 Å². The Bertz CT molecular complexity index is 332. The SMILES string of the molecule is C[C@H](CCO)Nc1cccnc1C#N. The number of aromatic nitrogens is 1. The van der Waals surface area contributed by atoms with E-state index in [1.165, 1.54) is 0 Å². The fourth-order valence-electron chi connectivity index (χ4n) is 1.14. The van der Waals surface area contributed by atoms with E-state index in [1.807, 2.05) is 13.0 Å². The van der Waals surface area contributed by atoms with Gasteiger partial charge in [-0.1, -0.05) is 0 Å². The molecule has 0 aliphatic carbocycles. The number of hydrogen-bond donors (Lipinski definition) is 2. The van der Waals surface area contributed by atoms with Crippen LogP contribution in [0.4, 0.5) is 5.69 Å². The minimum atomic E-state index is 0.135. The molecule has 0 aliphatic heterocycles. The zero-order valence-electron chi connectivity index (χ0n) is 8.07. The Morgan fingerprint density at radius 3 is 3.14 bits per heavy atom. The predicted molar refractivity (Wildman–Crippen MR) is 53.7 cm³/mol. The maximum atomic E-state index is 8.76. The Morgan fingerprint density at radius 1 is 1.71 bits per heavy atom. The van der Waals surface area contributed by atoms with Crippen LogP contribution >= 0.6 is 0 Å². The van der Waals surface area contributed by atoms with Crippen molar-refractivity contribution in [3.8, 4) is 6.07 Å². The fourth-order valence-corrected chi connectivity index (χ4v) is 1.14. The van der Waals surface area contributed by atoms with Crippen LogP contribution in [-0.2, 0) is 0 Å². The second-order valence-corrected chi connectivity index (χ2v) is 3.07. The first-order chi connectivity index (χ1) is 6.77. The summed E-state index contributed by atoms with van der Waals surface area (Å²) >= 11 is 0. The molecule has 0 saturated carbocycles. The van der Waals surface area contributed by atoms with Crippen molar-refractivity contribution in [2.24, 2.45) is 0 Å². The molecule has 0 radical (unpaired) electrons. The Morgan fingerprint density at radius 2 is 2.50 bits per heavy atom. The number of aliphatic hydroxyl groups is 1. The molecule has 1 aromatic heterocycles. The van der Waals surface area contributed by atoms with Gasteiger partial charge in [0.15, 0.2) is 5.69 Å². The Balaban J connectivity index is 2.71. The number of nitriles is 1. The van der Waals surface area contributed by atoms with Gasteiger partial charge < -0.3 is 10.4 Å². The summed E-state index contributed by atoms with van der Waals surface area (Å²) in [6.45, 7) is 2.08. The van der Waals surface area contributed by atoms with Gasteiger partial charge in [0, 0.05) is 18.8 Å². The number of rotatable bonds is 4. The summed E-state index contributed by atoms with van der Waals surface area (Å²) in [5.74, 6) is 0. The first-order valence-corrected chi connectivity index (χ1v) is 4.50. The van der Waals surface area contributed by atoms with Crippen molar-refractivity contribution in [1.29, 1.82) is 5.26 Å². The summed E-state index contributed by atoms with van der Waals surface area (Å²) in [5, 5.41) is 20.6. The molecule has 2 N–H and O–H groups in total. The number of nitrogens with one attached hydrogen (secondary N) is 1. The summed E-state index contributed by atoms with van der Waals surface area (Å²) in [6, 6.07) is 5.72. The lowest BCUT2D eigenvalue weighted by Gasteiger charge is -2.13. The van der Waals surface area contributed by atoms with E-state index in [2.05, 4.69) is 10.3 Å². The minimum Gasteiger partial charge on any atom is -0.396 e. The summed E-state index contributed by atoms with van der Waals surface area (Å²) in [5.41, 5.74) is 1.10. The van der Waals surface area contributed by atoms with Crippen LogP contribution in [0.15, 0.2) is 18.3 Å². The minimum absolute atomic E-state index is 0.135. The first kappa shape index (κ1) is 10.5. The number of nitrogens with zero attached hydrogens (tertiary/aromatic N) is 2. The standard InChI is InChI=1S/C10H13N3O/c1-8(4-6-14)13-9-3-2-5-12-10(9)7-11/h2-3,5,8,13-14H,4,6H2,1H3/t8-/m1/s1. The van der Waals surface area contributed by atoms with Crippen molar-refractivity contribution in [1.82, 2.24) is 4.98 Å². The summed E-state index contributed by atoms with van der Waals surface area (Å²) in [6.07, 6.45) is 2.24. The third kappa shape index (κ3) is 2.71. The molecule has 4 heteroatoms. The van der Waals surface area contributed by atoms with Crippen LogP contribution in [0.25, 0.3) is 0 Å². The van der Waals surface area contributed by atoms with E-state index in [9.17, 15) is 0 Å². The van der Waals surface area contributed by atoms with Gasteiger partial charge in [0.2, 0.25) is 0 Å². The maximum absolute atomic E-state index is 8.76. The monoisotopic (exact) mass is 191 g/mol. The second-order valence-electron chi connectivity index (χ2n) is 3.07. The van der Waals surface area contributed by atoms with Crippen molar-refractivity contribution in [2.45, 2.75) is 19.4 Å².